The molecule has 0 aromatic heterocycles. The van der Waals surface area contributed by atoms with Gasteiger partial charge in [-0.15, -0.1) is 0 Å². The summed E-state index contributed by atoms with van der Waals surface area (Å²) in [5.41, 5.74) is 1.00. The third kappa shape index (κ3) is 3.51. The van der Waals surface area contributed by atoms with Gasteiger partial charge in [0.15, 0.2) is 0 Å². The van der Waals surface area contributed by atoms with Crippen LogP contribution in [0.4, 0.5) is 5.69 Å². The summed E-state index contributed by atoms with van der Waals surface area (Å²) in [4.78, 5) is 0. The van der Waals surface area contributed by atoms with Crippen LogP contribution in [-0.4, -0.2) is 11.3 Å². The van der Waals surface area contributed by atoms with Crippen LogP contribution in [0.2, 0.25) is 0 Å². The molecule has 0 saturated heterocycles. The number of thiocarbonyl (C=S) groups is 1. The lowest BCUT2D eigenvalue weighted by molar-refractivity contribution is 0.0596. The van der Waals surface area contributed by atoms with Crippen LogP contribution in [-0.2, 0) is 4.74 Å². The Morgan fingerprint density at radius 3 is 2.55 bits per heavy atom. The average Bonchev–Trinajstić information content (AvgIpc) is 2.48. The monoisotopic (exact) mass is 289 g/mol. The lowest BCUT2D eigenvalue weighted by Crippen LogP contribution is -2.33. The molecule has 1 aromatic carbocycles. The van der Waals surface area contributed by atoms with Gasteiger partial charge in [-0.2, -0.15) is 0 Å². The van der Waals surface area contributed by atoms with Gasteiger partial charge in [0, 0.05) is 5.69 Å². The molecule has 0 unspecified atom stereocenters. The number of rotatable bonds is 2. The number of ether oxygens (including phenoxy) is 1. The highest BCUT2D eigenvalue weighted by atomic mass is 32.1. The third-order valence-electron chi connectivity index (χ3n) is 4.79. The van der Waals surface area contributed by atoms with Gasteiger partial charge in [0.25, 0.3) is 5.17 Å². The smallest absolute Gasteiger partial charge is 0.261 e. The van der Waals surface area contributed by atoms with Gasteiger partial charge in [-0.05, 0) is 55.4 Å². The molecule has 108 valence electrons. The van der Waals surface area contributed by atoms with E-state index in [2.05, 4.69) is 5.32 Å². The van der Waals surface area contributed by atoms with Gasteiger partial charge >= 0.3 is 0 Å². The van der Waals surface area contributed by atoms with Crippen LogP contribution in [0, 0.1) is 11.8 Å². The van der Waals surface area contributed by atoms with Crippen molar-refractivity contribution >= 4 is 23.1 Å². The second-order valence-electron chi connectivity index (χ2n) is 6.14. The van der Waals surface area contributed by atoms with Crippen LogP contribution in [0.25, 0.3) is 0 Å². The first-order chi connectivity index (χ1) is 9.81. The first kappa shape index (κ1) is 13.9. The van der Waals surface area contributed by atoms with Gasteiger partial charge in [-0.3, -0.25) is 0 Å². The summed E-state index contributed by atoms with van der Waals surface area (Å²) in [6, 6.07) is 10.0. The van der Waals surface area contributed by atoms with E-state index in [0.717, 1.165) is 23.9 Å². The van der Waals surface area contributed by atoms with Gasteiger partial charge in [-0.25, -0.2) is 0 Å². The summed E-state index contributed by atoms with van der Waals surface area (Å²) in [5, 5.41) is 3.69. The first-order valence-corrected chi connectivity index (χ1v) is 8.25. The van der Waals surface area contributed by atoms with Crippen molar-refractivity contribution in [3.05, 3.63) is 30.3 Å². The van der Waals surface area contributed by atoms with E-state index in [1.807, 2.05) is 30.3 Å². The normalized spacial score (nSPS) is 29.3. The van der Waals surface area contributed by atoms with E-state index in [9.17, 15) is 0 Å². The number of hydrogen-bond acceptors (Lipinski definition) is 2. The molecule has 0 bridgehead atoms. The van der Waals surface area contributed by atoms with Gasteiger partial charge in [0.2, 0.25) is 0 Å². The van der Waals surface area contributed by atoms with Crippen LogP contribution in [0.5, 0.6) is 0 Å². The first-order valence-electron chi connectivity index (χ1n) is 7.84. The molecule has 1 N–H and O–H groups in total. The zero-order chi connectivity index (χ0) is 13.8. The molecule has 2 fully saturated rings. The Balaban J connectivity index is 1.49. The van der Waals surface area contributed by atoms with Crippen molar-refractivity contribution in [2.45, 2.75) is 51.0 Å². The number of para-hydroxylation sites is 1. The number of nitrogens with one attached hydrogen (secondary N) is 1. The molecule has 2 saturated carbocycles. The van der Waals surface area contributed by atoms with Crippen molar-refractivity contribution in [3.63, 3.8) is 0 Å². The van der Waals surface area contributed by atoms with Crippen molar-refractivity contribution in [2.24, 2.45) is 11.8 Å². The second kappa shape index (κ2) is 6.57. The fourth-order valence-corrected chi connectivity index (χ4v) is 4.01. The van der Waals surface area contributed by atoms with Gasteiger partial charge in [0.05, 0.1) is 0 Å². The van der Waals surface area contributed by atoms with Crippen molar-refractivity contribution in [3.8, 4) is 0 Å². The number of hydrogen-bond donors (Lipinski definition) is 1. The minimum atomic E-state index is 0.318. The molecule has 3 rings (SSSR count). The molecule has 0 amide bonds. The zero-order valence-corrected chi connectivity index (χ0v) is 12.7. The Hall–Kier alpha value is -1.09. The number of fused-ring (bicyclic) bond motifs is 1. The van der Waals surface area contributed by atoms with E-state index >= 15 is 0 Å². The highest BCUT2D eigenvalue weighted by Gasteiger charge is 2.33. The quantitative estimate of drug-likeness (QED) is 0.793. The SMILES string of the molecule is S=C(Nc1ccccc1)O[C@@H]1CC[C@H]2CCCC[C@H]2C1. The molecule has 1 aromatic rings. The molecule has 0 radical (unpaired) electrons. The van der Waals surface area contributed by atoms with Crippen LogP contribution in [0.15, 0.2) is 30.3 Å². The lowest BCUT2D eigenvalue weighted by Gasteiger charge is -2.39. The van der Waals surface area contributed by atoms with Crippen molar-refractivity contribution in [1.29, 1.82) is 0 Å². The standard InChI is InChI=1S/C17H23NOS/c20-17(18-15-8-2-1-3-9-15)19-16-11-10-13-6-4-5-7-14(13)12-16/h1-3,8-9,13-14,16H,4-7,10-12H2,(H,18,20)/t13-,14+,16-/m1/s1. The van der Waals surface area contributed by atoms with Gasteiger partial charge in [-0.1, -0.05) is 43.9 Å². The van der Waals surface area contributed by atoms with Crippen molar-refractivity contribution in [2.75, 3.05) is 5.32 Å². The highest BCUT2D eigenvalue weighted by molar-refractivity contribution is 7.80. The summed E-state index contributed by atoms with van der Waals surface area (Å²) in [5.74, 6) is 1.83. The van der Waals surface area contributed by atoms with Crippen LogP contribution >= 0.6 is 12.2 Å². The fraction of sp³-hybridized carbons (Fsp3) is 0.588. The summed E-state index contributed by atoms with van der Waals surface area (Å²) >= 11 is 5.33. The predicted octanol–water partition coefficient (Wildman–Crippen LogP) is 4.76. The van der Waals surface area contributed by atoms with E-state index in [-0.39, 0.29) is 0 Å². The zero-order valence-electron chi connectivity index (χ0n) is 11.9. The molecule has 3 atom stereocenters. The fourth-order valence-electron chi connectivity index (χ4n) is 3.76. The van der Waals surface area contributed by atoms with Crippen molar-refractivity contribution < 1.29 is 4.74 Å². The Labute approximate surface area is 126 Å². The van der Waals surface area contributed by atoms with Crippen LogP contribution in [0.3, 0.4) is 0 Å². The van der Waals surface area contributed by atoms with Crippen LogP contribution in [0.1, 0.15) is 44.9 Å². The molecule has 0 aliphatic heterocycles. The minimum absolute atomic E-state index is 0.318. The van der Waals surface area contributed by atoms with E-state index < -0.39 is 0 Å². The van der Waals surface area contributed by atoms with Crippen LogP contribution < -0.4 is 5.32 Å². The Morgan fingerprint density at radius 2 is 1.75 bits per heavy atom. The van der Waals surface area contributed by atoms with E-state index in [1.54, 1.807) is 0 Å². The van der Waals surface area contributed by atoms with E-state index in [4.69, 9.17) is 17.0 Å². The Kier molecular flexibility index (Phi) is 4.56. The molecular weight excluding hydrogens is 266 g/mol. The minimum Gasteiger partial charge on any atom is -0.468 e. The number of benzene rings is 1. The number of anilines is 1. The summed E-state index contributed by atoms with van der Waals surface area (Å²) in [7, 11) is 0. The molecule has 2 aliphatic carbocycles. The van der Waals surface area contributed by atoms with E-state index in [0.29, 0.717) is 11.3 Å². The summed E-state index contributed by atoms with van der Waals surface area (Å²) in [6.45, 7) is 0. The molecule has 3 heteroatoms. The van der Waals surface area contributed by atoms with E-state index in [1.165, 1.54) is 38.5 Å². The molecule has 2 nitrogen and oxygen atoms in total. The van der Waals surface area contributed by atoms with Gasteiger partial charge in [0.1, 0.15) is 6.10 Å². The largest absolute Gasteiger partial charge is 0.468 e. The Morgan fingerprint density at radius 1 is 1.00 bits per heavy atom. The summed E-state index contributed by atoms with van der Waals surface area (Å²) < 4.78 is 5.96. The maximum Gasteiger partial charge on any atom is 0.261 e. The maximum atomic E-state index is 5.96. The second-order valence-corrected chi connectivity index (χ2v) is 6.51. The molecule has 0 heterocycles. The predicted molar refractivity (Wildman–Crippen MR) is 86.8 cm³/mol. The molecular formula is C17H23NOS. The van der Waals surface area contributed by atoms with Crippen molar-refractivity contribution in [1.82, 2.24) is 0 Å². The maximum absolute atomic E-state index is 5.96. The topological polar surface area (TPSA) is 21.3 Å². The summed E-state index contributed by atoms with van der Waals surface area (Å²) in [6.07, 6.45) is 9.66. The molecule has 20 heavy (non-hydrogen) atoms. The Bertz CT molecular complexity index is 448. The average molecular weight is 289 g/mol. The molecule has 0 spiro atoms. The third-order valence-corrected chi connectivity index (χ3v) is 4.98. The van der Waals surface area contributed by atoms with Gasteiger partial charge < -0.3 is 10.1 Å². The lowest BCUT2D eigenvalue weighted by atomic mass is 9.70. The highest BCUT2D eigenvalue weighted by Crippen LogP contribution is 2.41. The molecule has 2 aliphatic rings.